The second-order valence-corrected chi connectivity index (χ2v) is 11.5. The van der Waals surface area contributed by atoms with Gasteiger partial charge in [-0.25, -0.2) is 22.6 Å². The van der Waals surface area contributed by atoms with Crippen LogP contribution in [0.2, 0.25) is 0 Å². The lowest BCUT2D eigenvalue weighted by molar-refractivity contribution is 0.0699. The molecule has 0 aliphatic carbocycles. The summed E-state index contributed by atoms with van der Waals surface area (Å²) in [4.78, 5) is 20.9. The average Bonchev–Trinajstić information content (AvgIpc) is 2.92. The van der Waals surface area contributed by atoms with Gasteiger partial charge in [-0.15, -0.1) is 37.2 Å². The van der Waals surface area contributed by atoms with E-state index < -0.39 is 16.0 Å². The fraction of sp³-hybridized carbons (Fsp3) is 0.241. The first-order chi connectivity index (χ1) is 18.6. The molecule has 1 aliphatic rings. The van der Waals surface area contributed by atoms with Gasteiger partial charge >= 0.3 is 5.97 Å². The summed E-state index contributed by atoms with van der Waals surface area (Å²) in [6.45, 7) is 6.26. The third-order valence-corrected chi connectivity index (χ3v) is 8.33. The van der Waals surface area contributed by atoms with Crippen molar-refractivity contribution >= 4 is 81.3 Å². The van der Waals surface area contributed by atoms with E-state index in [0.717, 1.165) is 5.56 Å². The molecule has 1 aromatic heterocycles. The normalized spacial score (nSPS) is 13.1. The highest BCUT2D eigenvalue weighted by atomic mass is 35.5. The zero-order chi connectivity index (χ0) is 27.7. The highest BCUT2D eigenvalue weighted by Crippen LogP contribution is 2.29. The van der Waals surface area contributed by atoms with Crippen LogP contribution in [0.4, 0.5) is 21.6 Å². The molecule has 0 radical (unpaired) electrons. The Bertz CT molecular complexity index is 1650. The number of fused-ring (bicyclic) bond motifs is 1. The second-order valence-electron chi connectivity index (χ2n) is 9.82. The van der Waals surface area contributed by atoms with E-state index in [1.165, 1.54) is 18.2 Å². The fourth-order valence-electron chi connectivity index (χ4n) is 4.74. The van der Waals surface area contributed by atoms with Crippen LogP contribution < -0.4 is 14.5 Å². The summed E-state index contributed by atoms with van der Waals surface area (Å²) in [6.07, 6.45) is 0. The number of hydrogen-bond donors (Lipinski definition) is 2. The Hall–Kier alpha value is -3.31. The first kappa shape index (κ1) is 34.9. The van der Waals surface area contributed by atoms with Gasteiger partial charge in [0.2, 0.25) is 0 Å². The van der Waals surface area contributed by atoms with Crippen molar-refractivity contribution in [2.24, 2.45) is 0 Å². The molecule has 0 saturated carbocycles. The van der Waals surface area contributed by atoms with Gasteiger partial charge in [-0.05, 0) is 60.0 Å². The number of benzene rings is 3. The summed E-state index contributed by atoms with van der Waals surface area (Å²) < 4.78 is 42.7. The first-order valence-corrected chi connectivity index (χ1v) is 14.2. The minimum atomic E-state index is -3.87. The molecule has 1 saturated heterocycles. The molecule has 2 heterocycles. The van der Waals surface area contributed by atoms with Crippen molar-refractivity contribution in [3.05, 3.63) is 89.7 Å². The number of sulfonamides is 1. The molecule has 5 rings (SSSR count). The summed E-state index contributed by atoms with van der Waals surface area (Å²) in [5, 5.41) is 10.3. The Morgan fingerprint density at radius 3 is 2.12 bits per heavy atom. The van der Waals surface area contributed by atoms with Gasteiger partial charge in [0, 0.05) is 37.3 Å². The maximum atomic E-state index is 14.2. The third-order valence-electron chi connectivity index (χ3n) is 6.93. The summed E-state index contributed by atoms with van der Waals surface area (Å²) >= 11 is 0. The molecule has 2 N–H and O–H groups in total. The second kappa shape index (κ2) is 14.2. The molecule has 0 amide bonds. The maximum absolute atomic E-state index is 14.2. The largest absolute Gasteiger partial charge is 0.478 e. The molecule has 0 bridgehead atoms. The Morgan fingerprint density at radius 1 is 0.905 bits per heavy atom. The van der Waals surface area contributed by atoms with Crippen LogP contribution in [0.3, 0.4) is 0 Å². The number of halogens is 4. The molecule has 0 spiro atoms. The number of nitrogens with one attached hydrogen (secondary N) is 1. The first-order valence-electron chi connectivity index (χ1n) is 12.7. The average molecular weight is 658 g/mol. The van der Waals surface area contributed by atoms with Crippen LogP contribution >= 0.6 is 37.2 Å². The SMILES string of the molecule is CC(C)c1ccc(S(=O)(=O)Nc2ccc3nc(N4CCN(c5ccccc5F)CC4)cc(C(=O)O)c3c2)cc1.Cl.Cl.Cl. The van der Waals surface area contributed by atoms with E-state index in [1.54, 1.807) is 54.6 Å². The predicted molar refractivity (Wildman–Crippen MR) is 173 cm³/mol. The number of carboxylic acid groups (broad SMARTS) is 1. The molecule has 226 valence electrons. The molecule has 42 heavy (non-hydrogen) atoms. The highest BCUT2D eigenvalue weighted by Gasteiger charge is 2.23. The van der Waals surface area contributed by atoms with Gasteiger partial charge in [0.25, 0.3) is 10.0 Å². The van der Waals surface area contributed by atoms with Crippen LogP contribution in [0.5, 0.6) is 0 Å². The van der Waals surface area contributed by atoms with Crippen molar-refractivity contribution in [3.63, 3.8) is 0 Å². The van der Waals surface area contributed by atoms with Crippen LogP contribution in [-0.4, -0.2) is 50.7 Å². The van der Waals surface area contributed by atoms with Crippen molar-refractivity contribution in [2.75, 3.05) is 40.7 Å². The van der Waals surface area contributed by atoms with Crippen LogP contribution in [0.25, 0.3) is 10.9 Å². The van der Waals surface area contributed by atoms with Gasteiger partial charge in [0.1, 0.15) is 11.6 Å². The number of nitrogens with zero attached hydrogens (tertiary/aromatic N) is 3. The van der Waals surface area contributed by atoms with Crippen LogP contribution in [0.1, 0.15) is 35.7 Å². The molecule has 0 atom stereocenters. The lowest BCUT2D eigenvalue weighted by Crippen LogP contribution is -2.47. The predicted octanol–water partition coefficient (Wildman–Crippen LogP) is 6.59. The summed E-state index contributed by atoms with van der Waals surface area (Å²) in [5.41, 5.74) is 2.27. The molecule has 1 aliphatic heterocycles. The van der Waals surface area contributed by atoms with E-state index >= 15 is 0 Å². The monoisotopic (exact) mass is 656 g/mol. The van der Waals surface area contributed by atoms with Crippen LogP contribution in [0.15, 0.2) is 77.7 Å². The Kier molecular flexibility index (Phi) is 11.8. The van der Waals surface area contributed by atoms with E-state index in [4.69, 9.17) is 0 Å². The maximum Gasteiger partial charge on any atom is 0.336 e. The summed E-state index contributed by atoms with van der Waals surface area (Å²) in [6, 6.07) is 19.5. The van der Waals surface area contributed by atoms with Crippen molar-refractivity contribution < 1.29 is 22.7 Å². The zero-order valence-electron chi connectivity index (χ0n) is 22.9. The van der Waals surface area contributed by atoms with E-state index in [9.17, 15) is 22.7 Å². The van der Waals surface area contributed by atoms with Crippen molar-refractivity contribution in [1.82, 2.24) is 4.98 Å². The van der Waals surface area contributed by atoms with Gasteiger partial charge in [-0.3, -0.25) is 4.72 Å². The number of aromatic carboxylic acids is 1. The molecule has 13 heteroatoms. The lowest BCUT2D eigenvalue weighted by atomic mass is 10.0. The Labute approximate surface area is 263 Å². The molecule has 3 aromatic carbocycles. The van der Waals surface area contributed by atoms with E-state index in [1.807, 2.05) is 23.6 Å². The number of carbonyl (C=O) groups is 1. The Morgan fingerprint density at radius 2 is 1.52 bits per heavy atom. The molecular weight excluding hydrogens is 626 g/mol. The van der Waals surface area contributed by atoms with Crippen molar-refractivity contribution in [1.29, 1.82) is 0 Å². The van der Waals surface area contributed by atoms with Crippen LogP contribution in [-0.2, 0) is 10.0 Å². The number of pyridine rings is 1. The molecule has 4 aromatic rings. The third kappa shape index (κ3) is 7.36. The van der Waals surface area contributed by atoms with Crippen molar-refractivity contribution in [3.8, 4) is 0 Å². The number of rotatable bonds is 7. The van der Waals surface area contributed by atoms with Gasteiger partial charge in [-0.1, -0.05) is 38.1 Å². The number of carboxylic acids is 1. The quantitative estimate of drug-likeness (QED) is 0.231. The van der Waals surface area contributed by atoms with Gasteiger partial charge < -0.3 is 14.9 Å². The molecule has 0 unspecified atom stereocenters. The van der Waals surface area contributed by atoms with E-state index in [-0.39, 0.29) is 65.1 Å². The van der Waals surface area contributed by atoms with Gasteiger partial charge in [0.15, 0.2) is 0 Å². The summed E-state index contributed by atoms with van der Waals surface area (Å²) in [5.74, 6) is -0.635. The van der Waals surface area contributed by atoms with Gasteiger partial charge in [0.05, 0.1) is 21.7 Å². The Balaban J connectivity index is 0.00000205. The zero-order valence-corrected chi connectivity index (χ0v) is 26.1. The fourth-order valence-corrected chi connectivity index (χ4v) is 5.79. The van der Waals surface area contributed by atoms with Gasteiger partial charge in [-0.2, -0.15) is 0 Å². The van der Waals surface area contributed by atoms with E-state index in [2.05, 4.69) is 9.71 Å². The van der Waals surface area contributed by atoms with E-state index in [0.29, 0.717) is 48.6 Å². The number of piperazine rings is 1. The number of hydrogen-bond acceptors (Lipinski definition) is 6. The molecule has 1 fully saturated rings. The number of aromatic nitrogens is 1. The minimum Gasteiger partial charge on any atom is -0.478 e. The highest BCUT2D eigenvalue weighted by molar-refractivity contribution is 7.92. The topological polar surface area (TPSA) is 103 Å². The minimum absolute atomic E-state index is 0. The lowest BCUT2D eigenvalue weighted by Gasteiger charge is -2.37. The number of anilines is 3. The number of para-hydroxylation sites is 1. The smallest absolute Gasteiger partial charge is 0.336 e. The molecule has 8 nitrogen and oxygen atoms in total. The standard InChI is InChI=1S/C29H29FN4O4S.3ClH/c1-19(2)20-7-10-22(11-8-20)39(37,38)32-21-9-12-26-23(17-21)24(29(35)36)18-28(31-26)34-15-13-33(14-16-34)27-6-4-3-5-25(27)30;;;/h3-12,17-19,32H,13-16H2,1-2H3,(H,35,36);3*1H. The summed E-state index contributed by atoms with van der Waals surface area (Å²) in [7, 11) is -3.87. The molecular formula is C29H32Cl3FN4O4S. The van der Waals surface area contributed by atoms with Crippen LogP contribution in [0, 0.1) is 5.82 Å². The van der Waals surface area contributed by atoms with Crippen molar-refractivity contribution in [2.45, 2.75) is 24.7 Å².